The van der Waals surface area contributed by atoms with E-state index >= 15 is 0 Å². The zero-order valence-corrected chi connectivity index (χ0v) is 35.1. The summed E-state index contributed by atoms with van der Waals surface area (Å²) in [7, 11) is -6.45. The maximum atomic E-state index is 12.6. The molecule has 0 saturated heterocycles. The Balaban J connectivity index is 0.000000219. The third-order valence-electron chi connectivity index (χ3n) is 10.2. The van der Waals surface area contributed by atoms with E-state index in [1.807, 2.05) is 6.07 Å². The smallest absolute Gasteiger partial charge is 0.253 e. The molecule has 2 aromatic carbocycles. The molecule has 57 heavy (non-hydrogen) atoms. The second-order valence-corrected chi connectivity index (χ2v) is 19.5. The lowest BCUT2D eigenvalue weighted by Gasteiger charge is -2.26. The van der Waals surface area contributed by atoms with E-state index in [0.717, 1.165) is 40.2 Å². The molecule has 3 N–H and O–H groups in total. The summed E-state index contributed by atoms with van der Waals surface area (Å²) in [5.41, 5.74) is 6.45. The van der Waals surface area contributed by atoms with Gasteiger partial charge >= 0.3 is 0 Å². The molecule has 0 fully saturated rings. The van der Waals surface area contributed by atoms with Crippen LogP contribution in [-0.4, -0.2) is 60.9 Å². The molecular weight excluding hydrogens is 765 g/mol. The normalized spacial score (nSPS) is 16.1. The number of amides is 3. The van der Waals surface area contributed by atoms with Gasteiger partial charge in [0.2, 0.25) is 5.91 Å². The second-order valence-electron chi connectivity index (χ2n) is 14.9. The number of pyridine rings is 2. The first-order valence-electron chi connectivity index (χ1n) is 19.1. The number of carbonyl (C=O) groups is 3. The lowest BCUT2D eigenvalue weighted by molar-refractivity contribution is -0.132. The number of carbonyl (C=O) groups excluding carboxylic acids is 3. The molecule has 0 radical (unpaired) electrons. The topological polar surface area (TPSA) is 185 Å². The summed E-state index contributed by atoms with van der Waals surface area (Å²) in [6.07, 6.45) is 3.16. The molecule has 2 aliphatic rings. The van der Waals surface area contributed by atoms with Crippen molar-refractivity contribution in [3.63, 3.8) is 0 Å². The number of hydrogen-bond acceptors (Lipinski definition) is 10. The van der Waals surface area contributed by atoms with Crippen molar-refractivity contribution in [2.24, 2.45) is 11.8 Å². The van der Waals surface area contributed by atoms with E-state index < -0.39 is 19.7 Å². The van der Waals surface area contributed by atoms with Gasteiger partial charge in [-0.15, -0.1) is 0 Å². The van der Waals surface area contributed by atoms with E-state index in [-0.39, 0.29) is 58.7 Å². The van der Waals surface area contributed by atoms with Crippen LogP contribution in [0.2, 0.25) is 0 Å². The molecule has 0 bridgehead atoms. The predicted octanol–water partition coefficient (Wildman–Crippen LogP) is 5.47. The number of fused-ring (bicyclic) bond motifs is 2. The highest BCUT2D eigenvalue weighted by molar-refractivity contribution is 7.91. The van der Waals surface area contributed by atoms with Crippen molar-refractivity contribution >= 4 is 37.4 Å². The Morgan fingerprint density at radius 3 is 1.60 bits per heavy atom. The summed E-state index contributed by atoms with van der Waals surface area (Å²) >= 11 is 0. The Bertz CT molecular complexity index is 2330. The summed E-state index contributed by atoms with van der Waals surface area (Å²) in [6, 6.07) is 17.0. The molecule has 0 aliphatic carbocycles. The van der Waals surface area contributed by atoms with Gasteiger partial charge in [0.15, 0.2) is 19.7 Å². The minimum Gasteiger partial charge on any atom is -0.348 e. The van der Waals surface area contributed by atoms with Gasteiger partial charge in [-0.25, -0.2) is 16.8 Å². The molecule has 0 spiro atoms. The molecule has 2 aromatic heterocycles. The first kappa shape index (κ1) is 43.1. The predicted molar refractivity (Wildman–Crippen MR) is 217 cm³/mol. The molecule has 2 aliphatic heterocycles. The molecule has 15 heteroatoms. The van der Waals surface area contributed by atoms with Crippen LogP contribution < -0.4 is 16.0 Å². The summed E-state index contributed by atoms with van der Waals surface area (Å²) in [6.45, 7) is 14.9. The fourth-order valence-corrected chi connectivity index (χ4v) is 8.68. The number of sulfone groups is 2. The Kier molecular flexibility index (Phi) is 13.7. The van der Waals surface area contributed by atoms with E-state index in [9.17, 15) is 31.2 Å². The summed E-state index contributed by atoms with van der Waals surface area (Å²) in [4.78, 5) is 48.4. The SMILES string of the molecule is CCS(=O)(=O)c1ccc(CNC(=O)c2cnc3c(c2)CN(C(C)=O)[C@H]3C(C)C)cc1.CCS(=O)(=O)c1ccc(CNC(=O)c2cnc3c(c2)CN[C@H]3C(C)C)cc1. The van der Waals surface area contributed by atoms with Crippen LogP contribution in [0.15, 0.2) is 82.8 Å². The van der Waals surface area contributed by atoms with Crippen LogP contribution >= 0.6 is 0 Å². The van der Waals surface area contributed by atoms with Gasteiger partial charge in [0.05, 0.1) is 55.9 Å². The van der Waals surface area contributed by atoms with E-state index in [1.54, 1.807) is 92.7 Å². The minimum absolute atomic E-state index is 0.00812. The summed E-state index contributed by atoms with van der Waals surface area (Å²) in [5.74, 6) is 0.320. The lowest BCUT2D eigenvalue weighted by Crippen LogP contribution is -2.30. The van der Waals surface area contributed by atoms with Gasteiger partial charge < -0.3 is 20.9 Å². The third kappa shape index (κ3) is 10.1. The average Bonchev–Trinajstić information content (AvgIpc) is 3.81. The van der Waals surface area contributed by atoms with Gasteiger partial charge in [0, 0.05) is 45.5 Å². The molecule has 4 heterocycles. The van der Waals surface area contributed by atoms with Gasteiger partial charge in [-0.1, -0.05) is 65.8 Å². The van der Waals surface area contributed by atoms with E-state index in [1.165, 1.54) is 0 Å². The maximum Gasteiger partial charge on any atom is 0.253 e. The van der Waals surface area contributed by atoms with Crippen LogP contribution in [0.4, 0.5) is 0 Å². The van der Waals surface area contributed by atoms with Gasteiger partial charge in [-0.05, 0) is 70.5 Å². The average molecular weight is 817 g/mol. The van der Waals surface area contributed by atoms with Gasteiger partial charge in [-0.3, -0.25) is 24.4 Å². The van der Waals surface area contributed by atoms with E-state index in [0.29, 0.717) is 35.0 Å². The first-order chi connectivity index (χ1) is 26.9. The van der Waals surface area contributed by atoms with Crippen molar-refractivity contribution < 1.29 is 31.2 Å². The zero-order chi connectivity index (χ0) is 41.7. The molecule has 2 atom stereocenters. The van der Waals surface area contributed by atoms with Crippen molar-refractivity contribution in [3.05, 3.63) is 118 Å². The van der Waals surface area contributed by atoms with Crippen molar-refractivity contribution in [3.8, 4) is 0 Å². The van der Waals surface area contributed by atoms with Crippen LogP contribution in [0.3, 0.4) is 0 Å². The van der Waals surface area contributed by atoms with Crippen molar-refractivity contribution in [1.29, 1.82) is 0 Å². The Morgan fingerprint density at radius 1 is 0.719 bits per heavy atom. The summed E-state index contributed by atoms with van der Waals surface area (Å²) < 4.78 is 47.4. The fourth-order valence-electron chi connectivity index (χ4n) is 6.92. The monoisotopic (exact) mass is 816 g/mol. The highest BCUT2D eigenvalue weighted by atomic mass is 32.2. The quantitative estimate of drug-likeness (QED) is 0.166. The highest BCUT2D eigenvalue weighted by Crippen LogP contribution is 2.37. The molecule has 13 nitrogen and oxygen atoms in total. The molecule has 0 unspecified atom stereocenters. The molecule has 0 saturated carbocycles. The Labute approximate surface area is 335 Å². The Hall–Kier alpha value is -4.99. The third-order valence-corrected chi connectivity index (χ3v) is 13.7. The van der Waals surface area contributed by atoms with Crippen LogP contribution in [0.1, 0.15) is 115 Å². The minimum atomic E-state index is -3.24. The first-order valence-corrected chi connectivity index (χ1v) is 22.4. The number of nitrogens with one attached hydrogen (secondary N) is 3. The second kappa shape index (κ2) is 18.1. The zero-order valence-electron chi connectivity index (χ0n) is 33.5. The number of aromatic nitrogens is 2. The highest BCUT2D eigenvalue weighted by Gasteiger charge is 2.35. The molecule has 3 amide bonds. The molecule has 304 valence electrons. The maximum absolute atomic E-state index is 12.6. The van der Waals surface area contributed by atoms with Crippen LogP contribution in [0.5, 0.6) is 0 Å². The fraction of sp³-hybridized carbons (Fsp3) is 0.405. The van der Waals surface area contributed by atoms with Gasteiger partial charge in [0.1, 0.15) is 0 Å². The molecule has 6 rings (SSSR count). The number of nitrogens with zero attached hydrogens (tertiary/aromatic N) is 3. The van der Waals surface area contributed by atoms with Crippen LogP contribution in [0.25, 0.3) is 0 Å². The van der Waals surface area contributed by atoms with Gasteiger partial charge in [0.25, 0.3) is 11.8 Å². The van der Waals surface area contributed by atoms with Crippen LogP contribution in [0, 0.1) is 11.8 Å². The molecule has 4 aromatic rings. The number of hydrogen-bond donors (Lipinski definition) is 3. The van der Waals surface area contributed by atoms with Crippen LogP contribution in [-0.2, 0) is 50.6 Å². The standard InChI is InChI=1S/C22H27N3O4S.C20H25N3O3S/c1-5-30(28,29)19-8-6-16(7-9-19)11-24-22(27)17-10-18-13-25(15(4)26)21(14(2)3)20(18)23-12-17;1-4-27(25,26)17-7-5-14(6-8-17)10-23-20(24)16-9-15-11-21-18(13(2)3)19(15)22-12-16/h6-10,12,14,21H,5,11,13H2,1-4H3,(H,24,27);5-9,12-13,18,21H,4,10-11H2,1-3H3,(H,23,24)/t21-;18-/m00/s1. The van der Waals surface area contributed by atoms with Crippen molar-refractivity contribution in [2.45, 2.75) is 96.5 Å². The van der Waals surface area contributed by atoms with E-state index in [4.69, 9.17) is 0 Å². The van der Waals surface area contributed by atoms with E-state index in [2.05, 4.69) is 53.6 Å². The largest absolute Gasteiger partial charge is 0.348 e. The number of rotatable bonds is 12. The molecular formula is C42H52N6O7S2. The number of benzene rings is 2. The van der Waals surface area contributed by atoms with Gasteiger partial charge in [-0.2, -0.15) is 0 Å². The summed E-state index contributed by atoms with van der Waals surface area (Å²) in [5, 5.41) is 9.13. The lowest BCUT2D eigenvalue weighted by atomic mass is 9.99. The Morgan fingerprint density at radius 2 is 1.18 bits per heavy atom. The van der Waals surface area contributed by atoms with Crippen molar-refractivity contribution in [2.75, 3.05) is 11.5 Å². The van der Waals surface area contributed by atoms with Crippen molar-refractivity contribution in [1.82, 2.24) is 30.8 Å².